The van der Waals surface area contributed by atoms with Crippen LogP contribution in [0.15, 0.2) is 24.4 Å². The summed E-state index contributed by atoms with van der Waals surface area (Å²) < 4.78 is 66.7. The van der Waals surface area contributed by atoms with E-state index in [1.165, 1.54) is 12.3 Å². The van der Waals surface area contributed by atoms with E-state index in [0.29, 0.717) is 5.69 Å². The van der Waals surface area contributed by atoms with Crippen molar-refractivity contribution in [2.45, 2.75) is 0 Å². The van der Waals surface area contributed by atoms with Gasteiger partial charge in [0.2, 0.25) is 5.82 Å². The number of hydrogen-bond acceptors (Lipinski definition) is 3. The molecule has 0 fully saturated rings. The summed E-state index contributed by atoms with van der Waals surface area (Å²) in [6.45, 7) is 0. The van der Waals surface area contributed by atoms with E-state index in [0.717, 1.165) is 0 Å². The highest BCUT2D eigenvalue weighted by Crippen LogP contribution is 2.30. The van der Waals surface area contributed by atoms with Crippen LogP contribution in [0.5, 0.6) is 0 Å². The lowest BCUT2D eigenvalue weighted by atomic mass is 10.1. The fourth-order valence-electron chi connectivity index (χ4n) is 1.79. The van der Waals surface area contributed by atoms with Gasteiger partial charge < -0.3 is 0 Å². The van der Waals surface area contributed by atoms with Gasteiger partial charge in [0.05, 0.1) is 5.56 Å². The number of nitrogens with one attached hydrogen (secondary N) is 1. The van der Waals surface area contributed by atoms with Gasteiger partial charge in [0.1, 0.15) is 5.69 Å². The van der Waals surface area contributed by atoms with Crippen LogP contribution in [0.3, 0.4) is 0 Å². The third-order valence-corrected chi connectivity index (χ3v) is 2.83. The molecule has 0 amide bonds. The number of benzene rings is 1. The van der Waals surface area contributed by atoms with Crippen LogP contribution in [0.2, 0.25) is 0 Å². The minimum Gasteiger partial charge on any atom is -0.257 e. The number of rotatable bonds is 2. The lowest BCUT2D eigenvalue weighted by Gasteiger charge is -2.04. The van der Waals surface area contributed by atoms with Crippen molar-refractivity contribution in [2.75, 3.05) is 0 Å². The Kier molecular flexibility index (Phi) is 3.32. The molecular formula is C13H5F5N4. The van der Waals surface area contributed by atoms with Crippen LogP contribution in [-0.4, -0.2) is 20.2 Å². The van der Waals surface area contributed by atoms with Gasteiger partial charge in [0.25, 0.3) is 0 Å². The third kappa shape index (κ3) is 2.10. The predicted octanol–water partition coefficient (Wildman–Crippen LogP) is 3.23. The Morgan fingerprint density at radius 1 is 0.818 bits per heavy atom. The average Bonchev–Trinajstić information content (AvgIpc) is 3.02. The second kappa shape index (κ2) is 5.17. The minimum absolute atomic E-state index is 0.0274. The van der Waals surface area contributed by atoms with Crippen LogP contribution < -0.4 is 0 Å². The summed E-state index contributed by atoms with van der Waals surface area (Å²) in [5, 5.41) is 5.82. The van der Waals surface area contributed by atoms with E-state index in [9.17, 15) is 22.0 Å². The van der Waals surface area contributed by atoms with Gasteiger partial charge in [-0.05, 0) is 12.1 Å². The first-order valence-electron chi connectivity index (χ1n) is 5.86. The fraction of sp³-hybridized carbons (Fsp3) is 0. The topological polar surface area (TPSA) is 54.5 Å². The number of hydrogen-bond donors (Lipinski definition) is 1. The van der Waals surface area contributed by atoms with Crippen molar-refractivity contribution in [1.29, 1.82) is 0 Å². The Balaban J connectivity index is 2.16. The first-order chi connectivity index (χ1) is 10.5. The summed E-state index contributed by atoms with van der Waals surface area (Å²) in [5.74, 6) is -11.0. The molecule has 112 valence electrons. The fourth-order valence-corrected chi connectivity index (χ4v) is 1.79. The van der Waals surface area contributed by atoms with Gasteiger partial charge in [-0.2, -0.15) is 5.10 Å². The highest BCUT2D eigenvalue weighted by Gasteiger charge is 2.28. The van der Waals surface area contributed by atoms with E-state index in [1.54, 1.807) is 12.1 Å². The Morgan fingerprint density at radius 3 is 2.05 bits per heavy atom. The second-order valence-electron chi connectivity index (χ2n) is 4.17. The molecule has 3 aromatic rings. The van der Waals surface area contributed by atoms with E-state index in [2.05, 4.69) is 20.2 Å². The molecule has 0 bridgehead atoms. The predicted molar refractivity (Wildman–Crippen MR) is 64.8 cm³/mol. The van der Waals surface area contributed by atoms with Gasteiger partial charge in [-0.15, -0.1) is 0 Å². The van der Waals surface area contributed by atoms with Crippen molar-refractivity contribution in [1.82, 2.24) is 20.2 Å². The van der Waals surface area contributed by atoms with Crippen LogP contribution >= 0.6 is 0 Å². The molecule has 0 spiro atoms. The zero-order chi connectivity index (χ0) is 15.9. The molecule has 1 aromatic carbocycles. The van der Waals surface area contributed by atoms with Gasteiger partial charge in [-0.25, -0.2) is 26.9 Å². The van der Waals surface area contributed by atoms with Crippen LogP contribution in [0, 0.1) is 29.1 Å². The van der Waals surface area contributed by atoms with Gasteiger partial charge in [-0.1, -0.05) is 6.07 Å². The molecule has 0 unspecified atom stereocenters. The highest BCUT2D eigenvalue weighted by molar-refractivity contribution is 5.60. The molecule has 2 aromatic heterocycles. The summed E-state index contributed by atoms with van der Waals surface area (Å²) in [7, 11) is 0. The van der Waals surface area contributed by atoms with Crippen LogP contribution in [0.25, 0.3) is 22.9 Å². The lowest BCUT2D eigenvalue weighted by molar-refractivity contribution is 0.381. The van der Waals surface area contributed by atoms with Crippen molar-refractivity contribution >= 4 is 0 Å². The Labute approximate surface area is 119 Å². The zero-order valence-corrected chi connectivity index (χ0v) is 10.5. The maximum Gasteiger partial charge on any atom is 0.200 e. The van der Waals surface area contributed by atoms with Crippen LogP contribution in [-0.2, 0) is 0 Å². The number of aromatic amines is 1. The molecule has 0 aliphatic rings. The molecule has 1 N–H and O–H groups in total. The maximum atomic E-state index is 13.7. The maximum absolute atomic E-state index is 13.7. The average molecular weight is 312 g/mol. The largest absolute Gasteiger partial charge is 0.257 e. The Morgan fingerprint density at radius 2 is 1.45 bits per heavy atom. The summed E-state index contributed by atoms with van der Waals surface area (Å²) in [4.78, 5) is 7.64. The number of pyridine rings is 1. The smallest absolute Gasteiger partial charge is 0.200 e. The monoisotopic (exact) mass is 312 g/mol. The van der Waals surface area contributed by atoms with Crippen molar-refractivity contribution in [3.8, 4) is 22.9 Å². The van der Waals surface area contributed by atoms with E-state index < -0.39 is 40.5 Å². The highest BCUT2D eigenvalue weighted by atomic mass is 19.2. The SMILES string of the molecule is Fc1c(F)c(F)c(-c2n[nH]c(-c3ccccn3)n2)c(F)c1F. The van der Waals surface area contributed by atoms with Gasteiger partial charge in [0, 0.05) is 6.20 Å². The molecule has 0 aliphatic heterocycles. The summed E-state index contributed by atoms with van der Waals surface area (Å²) in [5.41, 5.74) is -0.903. The molecule has 3 rings (SSSR count). The first-order valence-corrected chi connectivity index (χ1v) is 5.86. The molecule has 4 nitrogen and oxygen atoms in total. The molecule has 0 saturated heterocycles. The first kappa shape index (κ1) is 14.1. The molecule has 0 saturated carbocycles. The Hall–Kier alpha value is -2.84. The molecule has 9 heteroatoms. The van der Waals surface area contributed by atoms with Crippen molar-refractivity contribution in [2.24, 2.45) is 0 Å². The quantitative estimate of drug-likeness (QED) is 0.449. The molecule has 0 aliphatic carbocycles. The number of aromatic nitrogens is 4. The summed E-state index contributed by atoms with van der Waals surface area (Å²) in [6.07, 6.45) is 1.44. The number of nitrogens with zero attached hydrogens (tertiary/aromatic N) is 3. The molecular weight excluding hydrogens is 307 g/mol. The molecule has 22 heavy (non-hydrogen) atoms. The van der Waals surface area contributed by atoms with Crippen LogP contribution in [0.1, 0.15) is 0 Å². The Bertz CT molecular complexity index is 818. The minimum atomic E-state index is -2.24. The van der Waals surface area contributed by atoms with E-state index in [-0.39, 0.29) is 5.82 Å². The normalized spacial score (nSPS) is 11.0. The lowest BCUT2D eigenvalue weighted by Crippen LogP contribution is -2.04. The van der Waals surface area contributed by atoms with Crippen molar-refractivity contribution in [3.05, 3.63) is 53.5 Å². The number of H-pyrrole nitrogens is 1. The van der Waals surface area contributed by atoms with E-state index in [1.807, 2.05) is 0 Å². The summed E-state index contributed by atoms with van der Waals surface area (Å²) in [6, 6.07) is 4.79. The zero-order valence-electron chi connectivity index (χ0n) is 10.5. The van der Waals surface area contributed by atoms with Crippen molar-refractivity contribution in [3.63, 3.8) is 0 Å². The van der Waals surface area contributed by atoms with E-state index in [4.69, 9.17) is 0 Å². The molecule has 0 radical (unpaired) electrons. The second-order valence-corrected chi connectivity index (χ2v) is 4.17. The molecule has 0 atom stereocenters. The molecule has 2 heterocycles. The van der Waals surface area contributed by atoms with E-state index >= 15 is 0 Å². The van der Waals surface area contributed by atoms with Gasteiger partial charge >= 0.3 is 0 Å². The van der Waals surface area contributed by atoms with Crippen molar-refractivity contribution < 1.29 is 22.0 Å². The third-order valence-electron chi connectivity index (χ3n) is 2.83. The van der Waals surface area contributed by atoms with Gasteiger partial charge in [0.15, 0.2) is 34.9 Å². The standard InChI is InChI=1S/C13H5F5N4/c14-7-6(8(15)10(17)11(18)9(7)16)13-20-12(21-22-13)5-3-1-2-4-19-5/h1-4H,(H,20,21,22). The van der Waals surface area contributed by atoms with Gasteiger partial charge in [-0.3, -0.25) is 10.1 Å². The number of halogens is 5. The summed E-state index contributed by atoms with van der Waals surface area (Å²) >= 11 is 0. The van der Waals surface area contributed by atoms with Crippen LogP contribution in [0.4, 0.5) is 22.0 Å².